The highest BCUT2D eigenvalue weighted by Gasteiger charge is 2.28. The minimum absolute atomic E-state index is 0.0148. The van der Waals surface area contributed by atoms with Crippen molar-refractivity contribution in [3.63, 3.8) is 0 Å². The smallest absolute Gasteiger partial charge is 0.409 e. The Labute approximate surface area is 209 Å². The van der Waals surface area contributed by atoms with Gasteiger partial charge in [-0.1, -0.05) is 30.3 Å². The molecule has 2 aliphatic heterocycles. The molecule has 0 unspecified atom stereocenters. The summed E-state index contributed by atoms with van der Waals surface area (Å²) in [6.07, 6.45) is 2.81. The van der Waals surface area contributed by atoms with Crippen LogP contribution in [0.5, 0.6) is 0 Å². The van der Waals surface area contributed by atoms with Gasteiger partial charge in [-0.25, -0.2) is 14.8 Å². The first kappa shape index (κ1) is 23.8. The lowest BCUT2D eigenvalue weighted by atomic mass is 10.0. The van der Waals surface area contributed by atoms with Crippen LogP contribution in [-0.4, -0.2) is 71.8 Å². The number of piperidine rings is 1. The Morgan fingerprint density at radius 1 is 0.944 bits per heavy atom. The molecule has 1 aromatic carbocycles. The maximum absolute atomic E-state index is 12.2. The second-order valence-corrected chi connectivity index (χ2v) is 9.08. The molecule has 3 aromatic rings. The molecule has 10 nitrogen and oxygen atoms in total. The van der Waals surface area contributed by atoms with Crippen molar-refractivity contribution >= 4 is 34.4 Å². The number of hydrogen-bond donors (Lipinski definition) is 0. The number of rotatable bonds is 5. The van der Waals surface area contributed by atoms with Crippen LogP contribution in [-0.2, 0) is 4.74 Å². The highest BCUT2D eigenvalue weighted by atomic mass is 16.6. The summed E-state index contributed by atoms with van der Waals surface area (Å²) in [5, 5.41) is 12.6. The number of aromatic nitrogens is 2. The van der Waals surface area contributed by atoms with Crippen LogP contribution in [0.25, 0.3) is 22.2 Å². The summed E-state index contributed by atoms with van der Waals surface area (Å²) in [6, 6.07) is 13.4. The third-order valence-corrected chi connectivity index (χ3v) is 6.79. The van der Waals surface area contributed by atoms with Gasteiger partial charge in [0.2, 0.25) is 5.82 Å². The minimum Gasteiger partial charge on any atom is -0.450 e. The Morgan fingerprint density at radius 3 is 2.28 bits per heavy atom. The van der Waals surface area contributed by atoms with Gasteiger partial charge in [-0.2, -0.15) is 0 Å². The average molecular weight is 491 g/mol. The number of anilines is 2. The molecule has 4 heterocycles. The van der Waals surface area contributed by atoms with Crippen LogP contribution in [0.2, 0.25) is 0 Å². The Morgan fingerprint density at radius 2 is 1.61 bits per heavy atom. The zero-order valence-electron chi connectivity index (χ0n) is 20.4. The van der Waals surface area contributed by atoms with E-state index in [0.29, 0.717) is 49.6 Å². The average Bonchev–Trinajstić information content (AvgIpc) is 2.92. The molecule has 0 radical (unpaired) electrons. The summed E-state index contributed by atoms with van der Waals surface area (Å²) in [4.78, 5) is 39.4. The van der Waals surface area contributed by atoms with Crippen LogP contribution in [0.4, 0.5) is 22.1 Å². The van der Waals surface area contributed by atoms with E-state index in [0.717, 1.165) is 49.3 Å². The minimum atomic E-state index is -0.346. The molecule has 2 aliphatic rings. The van der Waals surface area contributed by atoms with E-state index in [1.165, 1.54) is 0 Å². The van der Waals surface area contributed by atoms with Crippen molar-refractivity contribution in [3.05, 3.63) is 52.6 Å². The topological polar surface area (TPSA) is 105 Å². The summed E-state index contributed by atoms with van der Waals surface area (Å²) in [5.74, 6) is 1.16. The molecule has 0 bridgehead atoms. The van der Waals surface area contributed by atoms with Crippen molar-refractivity contribution < 1.29 is 14.5 Å². The molecule has 2 saturated heterocycles. The Hall–Kier alpha value is -3.95. The molecule has 10 heteroatoms. The number of benzene rings is 1. The number of nitro groups is 1. The van der Waals surface area contributed by atoms with Gasteiger partial charge < -0.3 is 19.4 Å². The highest BCUT2D eigenvalue weighted by Crippen LogP contribution is 2.36. The maximum atomic E-state index is 12.2. The lowest BCUT2D eigenvalue weighted by molar-refractivity contribution is -0.384. The SMILES string of the molecule is CCOC(=O)N1CCN(c2nc3nc(N4CCCCC4)c([N+](=O)[O-])cc3cc2-c2ccccc2)CC1. The third kappa shape index (κ3) is 4.75. The number of carbonyl (C=O) groups is 1. The van der Waals surface area contributed by atoms with Crippen molar-refractivity contribution in [3.8, 4) is 11.1 Å². The number of fused-ring (bicyclic) bond motifs is 1. The summed E-state index contributed by atoms with van der Waals surface area (Å²) in [7, 11) is 0. The highest BCUT2D eigenvalue weighted by molar-refractivity contribution is 5.91. The number of ether oxygens (including phenoxy) is 1. The van der Waals surface area contributed by atoms with E-state index in [9.17, 15) is 14.9 Å². The van der Waals surface area contributed by atoms with Crippen LogP contribution >= 0.6 is 0 Å². The Kier molecular flexibility index (Phi) is 6.84. The quantitative estimate of drug-likeness (QED) is 0.381. The van der Waals surface area contributed by atoms with E-state index < -0.39 is 0 Å². The van der Waals surface area contributed by atoms with Crippen LogP contribution in [0, 0.1) is 10.1 Å². The summed E-state index contributed by atoms with van der Waals surface area (Å²) < 4.78 is 5.16. The molecular weight excluding hydrogens is 460 g/mol. The molecule has 0 spiro atoms. The van der Waals surface area contributed by atoms with Gasteiger partial charge in [-0.15, -0.1) is 0 Å². The Balaban J connectivity index is 1.57. The number of nitrogens with zero attached hydrogens (tertiary/aromatic N) is 6. The second kappa shape index (κ2) is 10.3. The summed E-state index contributed by atoms with van der Waals surface area (Å²) >= 11 is 0. The van der Waals surface area contributed by atoms with Crippen molar-refractivity contribution in [2.75, 3.05) is 55.7 Å². The van der Waals surface area contributed by atoms with Gasteiger partial charge >= 0.3 is 11.8 Å². The van der Waals surface area contributed by atoms with Gasteiger partial charge in [0.05, 0.1) is 11.5 Å². The normalized spacial score (nSPS) is 16.3. The predicted octanol–water partition coefficient (Wildman–Crippen LogP) is 4.47. The first-order valence-electron chi connectivity index (χ1n) is 12.5. The van der Waals surface area contributed by atoms with E-state index in [1.807, 2.05) is 41.3 Å². The molecule has 0 aliphatic carbocycles. The molecule has 5 rings (SSSR count). The molecular formula is C26H30N6O4. The summed E-state index contributed by atoms with van der Waals surface area (Å²) in [6.45, 7) is 5.91. The van der Waals surface area contributed by atoms with Crippen LogP contribution in [0.3, 0.4) is 0 Å². The number of pyridine rings is 2. The van der Waals surface area contributed by atoms with E-state index in [1.54, 1.807) is 17.9 Å². The fourth-order valence-corrected chi connectivity index (χ4v) is 4.93. The van der Waals surface area contributed by atoms with E-state index in [2.05, 4.69) is 4.90 Å². The number of piperazine rings is 1. The van der Waals surface area contributed by atoms with Crippen molar-refractivity contribution in [2.24, 2.45) is 0 Å². The van der Waals surface area contributed by atoms with E-state index in [-0.39, 0.29) is 16.7 Å². The van der Waals surface area contributed by atoms with Gasteiger partial charge in [0.25, 0.3) is 0 Å². The maximum Gasteiger partial charge on any atom is 0.409 e. The predicted molar refractivity (Wildman–Crippen MR) is 139 cm³/mol. The molecule has 188 valence electrons. The third-order valence-electron chi connectivity index (χ3n) is 6.79. The zero-order chi connectivity index (χ0) is 25.1. The molecule has 0 atom stereocenters. The van der Waals surface area contributed by atoms with Crippen molar-refractivity contribution in [2.45, 2.75) is 26.2 Å². The van der Waals surface area contributed by atoms with Gasteiger partial charge in [-0.05, 0) is 37.8 Å². The largest absolute Gasteiger partial charge is 0.450 e. The van der Waals surface area contributed by atoms with Gasteiger partial charge in [-0.3, -0.25) is 10.1 Å². The first-order valence-corrected chi connectivity index (χ1v) is 12.5. The van der Waals surface area contributed by atoms with Crippen LogP contribution in [0.15, 0.2) is 42.5 Å². The monoisotopic (exact) mass is 490 g/mol. The fourth-order valence-electron chi connectivity index (χ4n) is 4.93. The van der Waals surface area contributed by atoms with E-state index >= 15 is 0 Å². The van der Waals surface area contributed by atoms with Crippen molar-refractivity contribution in [1.82, 2.24) is 14.9 Å². The number of carbonyl (C=O) groups excluding carboxylic acids is 1. The molecule has 2 aromatic heterocycles. The fraction of sp³-hybridized carbons (Fsp3) is 0.423. The Bertz CT molecular complexity index is 1250. The number of hydrogen-bond acceptors (Lipinski definition) is 8. The lowest BCUT2D eigenvalue weighted by Gasteiger charge is -2.35. The molecule has 36 heavy (non-hydrogen) atoms. The van der Waals surface area contributed by atoms with Crippen molar-refractivity contribution in [1.29, 1.82) is 0 Å². The summed E-state index contributed by atoms with van der Waals surface area (Å²) in [5.41, 5.74) is 2.36. The van der Waals surface area contributed by atoms with Gasteiger partial charge in [0, 0.05) is 56.3 Å². The molecule has 2 fully saturated rings. The molecule has 0 saturated carbocycles. The first-order chi connectivity index (χ1) is 17.5. The molecule has 0 N–H and O–H groups in total. The zero-order valence-corrected chi connectivity index (χ0v) is 20.4. The lowest BCUT2D eigenvalue weighted by Crippen LogP contribution is -2.49. The van der Waals surface area contributed by atoms with Gasteiger partial charge in [0.1, 0.15) is 5.82 Å². The van der Waals surface area contributed by atoms with E-state index in [4.69, 9.17) is 14.7 Å². The molecule has 1 amide bonds. The number of amides is 1. The van der Waals surface area contributed by atoms with Crippen LogP contribution in [0.1, 0.15) is 26.2 Å². The van der Waals surface area contributed by atoms with Crippen LogP contribution < -0.4 is 9.80 Å². The van der Waals surface area contributed by atoms with Gasteiger partial charge in [0.15, 0.2) is 5.65 Å². The second-order valence-electron chi connectivity index (χ2n) is 9.08. The standard InChI is InChI=1S/C26H30N6O4/c1-2-36-26(33)31-15-13-30(14-16-31)24-21(19-9-5-3-6-10-19)17-20-18-22(32(34)35)25(28-23(20)27-24)29-11-7-4-8-12-29/h3,5-6,9-10,17-18H,2,4,7-8,11-16H2,1H3.